The molecule has 0 spiro atoms. The predicted molar refractivity (Wildman–Crippen MR) is 71.1 cm³/mol. The van der Waals surface area contributed by atoms with E-state index in [0.717, 1.165) is 6.42 Å². The van der Waals surface area contributed by atoms with E-state index in [9.17, 15) is 4.21 Å². The van der Waals surface area contributed by atoms with Crippen molar-refractivity contribution in [3.05, 3.63) is 71.8 Å². The third kappa shape index (κ3) is 1.93. The minimum absolute atomic E-state index is 0.224. The van der Waals surface area contributed by atoms with Gasteiger partial charge in [0.25, 0.3) is 0 Å². The van der Waals surface area contributed by atoms with Gasteiger partial charge in [-0.1, -0.05) is 60.7 Å². The fourth-order valence-corrected chi connectivity index (χ4v) is 3.99. The molecule has 0 saturated carbocycles. The van der Waals surface area contributed by atoms with E-state index in [1.54, 1.807) is 0 Å². The average Bonchev–Trinajstić information content (AvgIpc) is 2.40. The lowest BCUT2D eigenvalue weighted by Crippen LogP contribution is -2.27. The normalized spacial score (nSPS) is 27.4. The van der Waals surface area contributed by atoms with Crippen LogP contribution in [0.15, 0.2) is 60.7 Å². The molecule has 2 aromatic rings. The van der Waals surface area contributed by atoms with Gasteiger partial charge in [-0.2, -0.15) is 0 Å². The number of hydrogen-bond acceptors (Lipinski definition) is 1. The smallest absolute Gasteiger partial charge is 0.0618 e. The Bertz CT molecular complexity index is 474. The highest BCUT2D eigenvalue weighted by Crippen LogP contribution is 2.47. The minimum Gasteiger partial charge on any atom is -0.258 e. The molecule has 1 aliphatic heterocycles. The van der Waals surface area contributed by atoms with Gasteiger partial charge >= 0.3 is 0 Å². The second kappa shape index (κ2) is 4.46. The van der Waals surface area contributed by atoms with E-state index < -0.39 is 10.8 Å². The molecule has 1 aliphatic rings. The summed E-state index contributed by atoms with van der Waals surface area (Å²) in [5.41, 5.74) is 2.41. The van der Waals surface area contributed by atoms with Crippen molar-refractivity contribution in [2.24, 2.45) is 0 Å². The summed E-state index contributed by atoms with van der Waals surface area (Å²) in [5.74, 6) is 0. The second-order valence-corrected chi connectivity index (χ2v) is 6.16. The minimum atomic E-state index is -0.770. The molecule has 1 heterocycles. The number of rotatable bonds is 2. The van der Waals surface area contributed by atoms with Crippen LogP contribution in [0.2, 0.25) is 0 Å². The van der Waals surface area contributed by atoms with Crippen LogP contribution in [-0.2, 0) is 10.8 Å². The van der Waals surface area contributed by atoms with Crippen LogP contribution in [0, 0.1) is 0 Å². The van der Waals surface area contributed by atoms with E-state index in [1.165, 1.54) is 11.1 Å². The van der Waals surface area contributed by atoms with Crippen molar-refractivity contribution in [3.8, 4) is 0 Å². The van der Waals surface area contributed by atoms with Gasteiger partial charge in [0.15, 0.2) is 0 Å². The lowest BCUT2D eigenvalue weighted by atomic mass is 10.0. The molecule has 0 aliphatic carbocycles. The van der Waals surface area contributed by atoms with E-state index in [1.807, 2.05) is 36.4 Å². The maximum absolute atomic E-state index is 12.3. The summed E-state index contributed by atoms with van der Waals surface area (Å²) in [6, 6.07) is 20.4. The Labute approximate surface area is 104 Å². The van der Waals surface area contributed by atoms with E-state index in [2.05, 4.69) is 24.3 Å². The maximum atomic E-state index is 12.3. The van der Waals surface area contributed by atoms with Crippen LogP contribution < -0.4 is 0 Å². The van der Waals surface area contributed by atoms with Gasteiger partial charge in [0, 0.05) is 10.8 Å². The molecular formula is C15H14OS. The molecular weight excluding hydrogens is 228 g/mol. The first-order valence-corrected chi connectivity index (χ1v) is 7.13. The molecule has 2 atom stereocenters. The lowest BCUT2D eigenvalue weighted by Gasteiger charge is -2.35. The zero-order chi connectivity index (χ0) is 11.7. The molecule has 2 unspecified atom stereocenters. The summed E-state index contributed by atoms with van der Waals surface area (Å²) >= 11 is 0. The molecule has 2 heteroatoms. The molecule has 1 nitrogen and oxygen atoms in total. The molecule has 0 aromatic heterocycles. The van der Waals surface area contributed by atoms with Crippen molar-refractivity contribution < 1.29 is 4.21 Å². The Morgan fingerprint density at radius 1 is 0.765 bits per heavy atom. The molecule has 1 saturated heterocycles. The van der Waals surface area contributed by atoms with Gasteiger partial charge < -0.3 is 0 Å². The molecule has 0 N–H and O–H groups in total. The SMILES string of the molecule is O=S1C(c2ccccc2)CC1c1ccccc1. The van der Waals surface area contributed by atoms with Crippen molar-refractivity contribution in [3.63, 3.8) is 0 Å². The van der Waals surface area contributed by atoms with Crippen LogP contribution >= 0.6 is 0 Å². The Balaban J connectivity index is 1.79. The fourth-order valence-electron chi connectivity index (χ4n) is 2.34. The molecule has 17 heavy (non-hydrogen) atoms. The van der Waals surface area contributed by atoms with E-state index >= 15 is 0 Å². The number of benzene rings is 2. The Kier molecular flexibility index (Phi) is 2.81. The Hall–Kier alpha value is -1.41. The van der Waals surface area contributed by atoms with Crippen LogP contribution in [-0.4, -0.2) is 4.21 Å². The fraction of sp³-hybridized carbons (Fsp3) is 0.200. The topological polar surface area (TPSA) is 17.1 Å². The quantitative estimate of drug-likeness (QED) is 0.786. The first kappa shape index (κ1) is 10.7. The second-order valence-electron chi connectivity index (χ2n) is 4.36. The van der Waals surface area contributed by atoms with Crippen molar-refractivity contribution in [1.82, 2.24) is 0 Å². The van der Waals surface area contributed by atoms with Gasteiger partial charge in [0.1, 0.15) is 0 Å². The summed E-state index contributed by atoms with van der Waals surface area (Å²) in [6.07, 6.45) is 1.00. The molecule has 0 radical (unpaired) electrons. The standard InChI is InChI=1S/C15H14OS/c16-17-14(12-7-3-1-4-8-12)11-15(17)13-9-5-2-6-10-13/h1-10,14-15H,11H2. The number of hydrogen-bond donors (Lipinski definition) is 0. The van der Waals surface area contributed by atoms with Crippen LogP contribution in [0.5, 0.6) is 0 Å². The van der Waals surface area contributed by atoms with E-state index in [-0.39, 0.29) is 10.5 Å². The monoisotopic (exact) mass is 242 g/mol. The molecule has 86 valence electrons. The first-order chi connectivity index (χ1) is 8.36. The summed E-state index contributed by atoms with van der Waals surface area (Å²) in [7, 11) is -0.770. The maximum Gasteiger partial charge on any atom is 0.0618 e. The van der Waals surface area contributed by atoms with Crippen molar-refractivity contribution in [2.45, 2.75) is 16.9 Å². The van der Waals surface area contributed by atoms with Gasteiger partial charge in [-0.3, -0.25) is 4.21 Å². The summed E-state index contributed by atoms with van der Waals surface area (Å²) in [5, 5.41) is 0.447. The third-order valence-electron chi connectivity index (χ3n) is 3.33. The van der Waals surface area contributed by atoms with Gasteiger partial charge in [0.05, 0.1) is 10.5 Å². The predicted octanol–water partition coefficient (Wildman–Crippen LogP) is 3.62. The van der Waals surface area contributed by atoms with Crippen LogP contribution in [0.25, 0.3) is 0 Å². The highest BCUT2D eigenvalue weighted by molar-refractivity contribution is 7.87. The molecule has 2 aromatic carbocycles. The zero-order valence-electron chi connectivity index (χ0n) is 9.45. The van der Waals surface area contributed by atoms with Crippen molar-refractivity contribution in [2.75, 3.05) is 0 Å². The van der Waals surface area contributed by atoms with E-state index in [4.69, 9.17) is 0 Å². The zero-order valence-corrected chi connectivity index (χ0v) is 10.3. The highest BCUT2D eigenvalue weighted by Gasteiger charge is 2.39. The van der Waals surface area contributed by atoms with Gasteiger partial charge in [-0.25, -0.2) is 0 Å². The summed E-state index contributed by atoms with van der Waals surface area (Å²) in [6.45, 7) is 0. The first-order valence-electron chi connectivity index (χ1n) is 5.85. The Morgan fingerprint density at radius 2 is 1.18 bits per heavy atom. The van der Waals surface area contributed by atoms with Crippen LogP contribution in [0.1, 0.15) is 28.0 Å². The summed E-state index contributed by atoms with van der Waals surface area (Å²) < 4.78 is 12.3. The third-order valence-corrected chi connectivity index (χ3v) is 5.38. The average molecular weight is 242 g/mol. The van der Waals surface area contributed by atoms with Gasteiger partial charge in [0.2, 0.25) is 0 Å². The van der Waals surface area contributed by atoms with Gasteiger partial charge in [-0.15, -0.1) is 0 Å². The molecule has 0 bridgehead atoms. The Morgan fingerprint density at radius 3 is 1.53 bits per heavy atom. The molecule has 3 rings (SSSR count). The molecule has 1 fully saturated rings. The highest BCUT2D eigenvalue weighted by atomic mass is 32.2. The van der Waals surface area contributed by atoms with E-state index in [0.29, 0.717) is 0 Å². The molecule has 0 amide bonds. The largest absolute Gasteiger partial charge is 0.258 e. The van der Waals surface area contributed by atoms with Crippen LogP contribution in [0.4, 0.5) is 0 Å². The lowest BCUT2D eigenvalue weighted by molar-refractivity contribution is 0.601. The van der Waals surface area contributed by atoms with Crippen molar-refractivity contribution >= 4 is 10.8 Å². The van der Waals surface area contributed by atoms with Crippen molar-refractivity contribution in [1.29, 1.82) is 0 Å². The summed E-state index contributed by atoms with van der Waals surface area (Å²) in [4.78, 5) is 0. The van der Waals surface area contributed by atoms with Gasteiger partial charge in [-0.05, 0) is 17.5 Å². The van der Waals surface area contributed by atoms with Crippen LogP contribution in [0.3, 0.4) is 0 Å².